The molecule has 1 saturated heterocycles. The predicted molar refractivity (Wildman–Crippen MR) is 67.5 cm³/mol. The summed E-state index contributed by atoms with van der Waals surface area (Å²) in [6.07, 6.45) is 0.844. The number of hydrogen-bond acceptors (Lipinski definition) is 5. The van der Waals surface area contributed by atoms with Gasteiger partial charge in [-0.25, -0.2) is 8.42 Å². The third-order valence-electron chi connectivity index (χ3n) is 3.29. The number of rotatable bonds is 4. The summed E-state index contributed by atoms with van der Waals surface area (Å²) in [7, 11) is 0.407. The SMILES string of the molecule is CN(C)C1CCN(S(=O)(=O)c2ccc(CN)o2)C1. The van der Waals surface area contributed by atoms with E-state index in [1.165, 1.54) is 10.4 Å². The molecule has 1 aromatic rings. The van der Waals surface area contributed by atoms with Crippen molar-refractivity contribution in [2.75, 3.05) is 27.2 Å². The fourth-order valence-corrected chi connectivity index (χ4v) is 3.51. The third kappa shape index (κ3) is 2.44. The summed E-state index contributed by atoms with van der Waals surface area (Å²) in [4.78, 5) is 2.04. The predicted octanol–water partition coefficient (Wildman–Crippen LogP) is 0.0629. The highest BCUT2D eigenvalue weighted by Gasteiger charge is 2.35. The van der Waals surface area contributed by atoms with Gasteiger partial charge in [-0.1, -0.05) is 0 Å². The molecule has 2 rings (SSSR count). The molecule has 0 radical (unpaired) electrons. The minimum absolute atomic E-state index is 0.0117. The van der Waals surface area contributed by atoms with Crippen molar-refractivity contribution in [1.82, 2.24) is 9.21 Å². The Morgan fingerprint density at radius 2 is 2.22 bits per heavy atom. The Hall–Kier alpha value is -0.890. The average Bonchev–Trinajstić information content (AvgIpc) is 2.98. The average molecular weight is 273 g/mol. The standard InChI is InChI=1S/C11H19N3O3S/c1-13(2)9-5-6-14(8-9)18(15,16)11-4-3-10(7-12)17-11/h3-4,9H,5-8,12H2,1-2H3. The summed E-state index contributed by atoms with van der Waals surface area (Å²) >= 11 is 0. The Morgan fingerprint density at radius 1 is 1.50 bits per heavy atom. The molecule has 0 saturated carbocycles. The number of hydrogen-bond donors (Lipinski definition) is 1. The van der Waals surface area contributed by atoms with E-state index < -0.39 is 10.0 Å². The van der Waals surface area contributed by atoms with Gasteiger partial charge in [-0.2, -0.15) is 4.31 Å². The van der Waals surface area contributed by atoms with Gasteiger partial charge in [-0.05, 0) is 32.6 Å². The molecule has 1 unspecified atom stereocenters. The Bertz CT molecular complexity index is 509. The van der Waals surface area contributed by atoms with E-state index in [9.17, 15) is 8.42 Å². The molecular weight excluding hydrogens is 254 g/mol. The fourth-order valence-electron chi connectivity index (χ4n) is 2.08. The van der Waals surface area contributed by atoms with Gasteiger partial charge < -0.3 is 15.1 Å². The zero-order chi connectivity index (χ0) is 13.3. The Labute approximate surface area is 107 Å². The van der Waals surface area contributed by atoms with Crippen molar-refractivity contribution in [1.29, 1.82) is 0 Å². The first-order valence-corrected chi connectivity index (χ1v) is 7.34. The lowest BCUT2D eigenvalue weighted by Crippen LogP contribution is -2.34. The molecular formula is C11H19N3O3S. The summed E-state index contributed by atoms with van der Waals surface area (Å²) in [5.41, 5.74) is 5.41. The van der Waals surface area contributed by atoms with Crippen molar-refractivity contribution in [2.45, 2.75) is 24.1 Å². The van der Waals surface area contributed by atoms with Crippen LogP contribution in [0.15, 0.2) is 21.6 Å². The summed E-state index contributed by atoms with van der Waals surface area (Å²) in [6.45, 7) is 1.24. The third-order valence-corrected chi connectivity index (χ3v) is 5.03. The highest BCUT2D eigenvalue weighted by molar-refractivity contribution is 7.89. The quantitative estimate of drug-likeness (QED) is 0.839. The monoisotopic (exact) mass is 273 g/mol. The van der Waals surface area contributed by atoms with Gasteiger partial charge in [-0.3, -0.25) is 0 Å². The van der Waals surface area contributed by atoms with Crippen molar-refractivity contribution in [2.24, 2.45) is 5.73 Å². The van der Waals surface area contributed by atoms with Crippen LogP contribution in [0, 0.1) is 0 Å². The number of furan rings is 1. The van der Waals surface area contributed by atoms with E-state index in [1.807, 2.05) is 19.0 Å². The van der Waals surface area contributed by atoms with E-state index in [-0.39, 0.29) is 17.7 Å². The molecule has 18 heavy (non-hydrogen) atoms. The molecule has 1 atom stereocenters. The van der Waals surface area contributed by atoms with Crippen molar-refractivity contribution >= 4 is 10.0 Å². The summed E-state index contributed by atoms with van der Waals surface area (Å²) in [5, 5.41) is -0.0117. The van der Waals surface area contributed by atoms with Gasteiger partial charge in [0, 0.05) is 19.1 Å². The molecule has 0 aromatic carbocycles. The first-order chi connectivity index (χ1) is 8.45. The fraction of sp³-hybridized carbons (Fsp3) is 0.636. The van der Waals surface area contributed by atoms with Crippen LogP contribution in [0.3, 0.4) is 0 Å². The highest BCUT2D eigenvalue weighted by atomic mass is 32.2. The minimum Gasteiger partial charge on any atom is -0.447 e. The van der Waals surface area contributed by atoms with Crippen LogP contribution in [0.1, 0.15) is 12.2 Å². The van der Waals surface area contributed by atoms with E-state index in [4.69, 9.17) is 10.2 Å². The molecule has 7 heteroatoms. The van der Waals surface area contributed by atoms with Crippen LogP contribution in [-0.2, 0) is 16.6 Å². The molecule has 1 aliphatic rings. The van der Waals surface area contributed by atoms with Crippen molar-refractivity contribution in [3.8, 4) is 0 Å². The Kier molecular flexibility index (Phi) is 3.76. The lowest BCUT2D eigenvalue weighted by atomic mass is 10.2. The molecule has 1 fully saturated rings. The van der Waals surface area contributed by atoms with E-state index in [0.29, 0.717) is 18.8 Å². The van der Waals surface area contributed by atoms with Gasteiger partial charge in [0.05, 0.1) is 6.54 Å². The van der Waals surface area contributed by atoms with Crippen LogP contribution < -0.4 is 5.73 Å². The highest BCUT2D eigenvalue weighted by Crippen LogP contribution is 2.24. The maximum atomic E-state index is 12.3. The maximum absolute atomic E-state index is 12.3. The molecule has 1 aliphatic heterocycles. The molecule has 1 aromatic heterocycles. The van der Waals surface area contributed by atoms with E-state index in [1.54, 1.807) is 6.07 Å². The van der Waals surface area contributed by atoms with Crippen molar-refractivity contribution in [3.63, 3.8) is 0 Å². The van der Waals surface area contributed by atoms with E-state index in [0.717, 1.165) is 6.42 Å². The molecule has 0 bridgehead atoms. The van der Waals surface area contributed by atoms with Crippen LogP contribution in [0.4, 0.5) is 0 Å². The van der Waals surface area contributed by atoms with Gasteiger partial charge in [0.1, 0.15) is 5.76 Å². The lowest BCUT2D eigenvalue weighted by Gasteiger charge is -2.19. The molecule has 6 nitrogen and oxygen atoms in total. The second kappa shape index (κ2) is 5.00. The van der Waals surface area contributed by atoms with Crippen molar-refractivity contribution < 1.29 is 12.8 Å². The van der Waals surface area contributed by atoms with Crippen LogP contribution in [0.25, 0.3) is 0 Å². The lowest BCUT2D eigenvalue weighted by molar-refractivity contribution is 0.300. The number of nitrogens with zero attached hydrogens (tertiary/aromatic N) is 2. The van der Waals surface area contributed by atoms with Gasteiger partial charge in [0.2, 0.25) is 5.09 Å². The van der Waals surface area contributed by atoms with Crippen LogP contribution in [0.2, 0.25) is 0 Å². The van der Waals surface area contributed by atoms with Gasteiger partial charge in [0.25, 0.3) is 10.0 Å². The summed E-state index contributed by atoms with van der Waals surface area (Å²) in [6, 6.07) is 3.34. The molecule has 102 valence electrons. The Morgan fingerprint density at radius 3 is 2.72 bits per heavy atom. The van der Waals surface area contributed by atoms with Gasteiger partial charge in [0.15, 0.2) is 0 Å². The topological polar surface area (TPSA) is 79.8 Å². The van der Waals surface area contributed by atoms with Crippen LogP contribution in [0.5, 0.6) is 0 Å². The number of sulfonamides is 1. The van der Waals surface area contributed by atoms with E-state index in [2.05, 4.69) is 0 Å². The second-order valence-corrected chi connectivity index (χ2v) is 6.56. The minimum atomic E-state index is -3.51. The maximum Gasteiger partial charge on any atom is 0.276 e. The zero-order valence-corrected chi connectivity index (χ0v) is 11.5. The van der Waals surface area contributed by atoms with Gasteiger partial charge >= 0.3 is 0 Å². The molecule has 0 spiro atoms. The van der Waals surface area contributed by atoms with Crippen LogP contribution >= 0.6 is 0 Å². The first-order valence-electron chi connectivity index (χ1n) is 5.90. The Balaban J connectivity index is 2.17. The number of likely N-dealkylation sites (N-methyl/N-ethyl adjacent to an activating group) is 1. The molecule has 2 N–H and O–H groups in total. The number of nitrogens with two attached hydrogens (primary N) is 1. The normalized spacial score (nSPS) is 21.9. The van der Waals surface area contributed by atoms with E-state index >= 15 is 0 Å². The summed E-state index contributed by atoms with van der Waals surface area (Å²) < 4.78 is 31.3. The smallest absolute Gasteiger partial charge is 0.276 e. The zero-order valence-electron chi connectivity index (χ0n) is 10.7. The second-order valence-electron chi connectivity index (χ2n) is 4.69. The van der Waals surface area contributed by atoms with Crippen molar-refractivity contribution in [3.05, 3.63) is 17.9 Å². The largest absolute Gasteiger partial charge is 0.447 e. The van der Waals surface area contributed by atoms with Gasteiger partial charge in [-0.15, -0.1) is 0 Å². The molecule has 0 aliphatic carbocycles. The molecule has 0 amide bonds. The van der Waals surface area contributed by atoms with Crippen LogP contribution in [-0.4, -0.2) is 50.8 Å². The first kappa shape index (κ1) is 13.5. The summed E-state index contributed by atoms with van der Waals surface area (Å²) in [5.74, 6) is 0.483. The molecule has 2 heterocycles.